The molecule has 0 amide bonds. The van der Waals surface area contributed by atoms with Gasteiger partial charge in [0.1, 0.15) is 12.4 Å². The largest absolute Gasteiger partial charge is 0.411 e. The number of para-hydroxylation sites is 1. The van der Waals surface area contributed by atoms with Gasteiger partial charge >= 0.3 is 6.18 Å². The molecule has 0 aromatic heterocycles. The third-order valence-corrected chi connectivity index (χ3v) is 3.14. The predicted molar refractivity (Wildman–Crippen MR) is 89.2 cm³/mol. The van der Waals surface area contributed by atoms with Gasteiger partial charge in [-0.1, -0.05) is 18.2 Å². The molecule has 2 rings (SSSR count). The lowest BCUT2D eigenvalue weighted by Gasteiger charge is -2.14. The first-order chi connectivity index (χ1) is 11.9. The van der Waals surface area contributed by atoms with Gasteiger partial charge in [-0.25, -0.2) is 4.39 Å². The van der Waals surface area contributed by atoms with Crippen LogP contribution >= 0.6 is 0 Å². The number of anilines is 1. The Labute approximate surface area is 143 Å². The molecule has 0 saturated heterocycles. The molecular weight excluding hydrogens is 336 g/mol. The fourth-order valence-electron chi connectivity index (χ4n) is 2.19. The molecule has 0 aliphatic rings. The third kappa shape index (κ3) is 6.46. The van der Waals surface area contributed by atoms with Crippen LogP contribution in [0, 0.1) is 5.82 Å². The van der Waals surface area contributed by atoms with E-state index in [4.69, 9.17) is 0 Å². The minimum absolute atomic E-state index is 0.316. The quantitative estimate of drug-likeness (QED) is 0.717. The van der Waals surface area contributed by atoms with Crippen LogP contribution in [0.2, 0.25) is 0 Å². The summed E-state index contributed by atoms with van der Waals surface area (Å²) in [5.74, 6) is -0.556. The van der Waals surface area contributed by atoms with E-state index in [9.17, 15) is 17.6 Å². The van der Waals surface area contributed by atoms with Crippen molar-refractivity contribution >= 4 is 11.4 Å². The molecule has 25 heavy (non-hydrogen) atoms. The van der Waals surface area contributed by atoms with E-state index < -0.39 is 18.6 Å². The van der Waals surface area contributed by atoms with E-state index in [1.165, 1.54) is 6.07 Å². The number of alkyl halides is 3. The molecule has 0 spiro atoms. The number of benzene rings is 2. The van der Waals surface area contributed by atoms with Gasteiger partial charge in [-0.3, -0.25) is 0 Å². The molecule has 0 radical (unpaired) electrons. The zero-order chi connectivity index (χ0) is 18.3. The zero-order valence-corrected chi connectivity index (χ0v) is 13.5. The van der Waals surface area contributed by atoms with Crippen molar-refractivity contribution in [2.45, 2.75) is 12.8 Å². The highest BCUT2D eigenvalue weighted by molar-refractivity contribution is 5.76. The first-order valence-electron chi connectivity index (χ1n) is 7.51. The second kappa shape index (κ2) is 8.53. The molecule has 0 heterocycles. The van der Waals surface area contributed by atoms with Crippen molar-refractivity contribution in [2.75, 3.05) is 19.0 Å². The van der Waals surface area contributed by atoms with Gasteiger partial charge in [-0.2, -0.15) is 13.2 Å². The molecule has 7 heteroatoms. The number of hydrogen-bond donors (Lipinski definition) is 2. The van der Waals surface area contributed by atoms with E-state index in [-0.39, 0.29) is 6.61 Å². The van der Waals surface area contributed by atoms with Crippen LogP contribution in [0.5, 0.6) is 0 Å². The van der Waals surface area contributed by atoms with Crippen LogP contribution in [-0.4, -0.2) is 19.8 Å². The maximum absolute atomic E-state index is 13.9. The van der Waals surface area contributed by atoms with Gasteiger partial charge in [-0.15, -0.1) is 0 Å². The monoisotopic (exact) mass is 354 g/mol. The smallest absolute Gasteiger partial charge is 0.392 e. The van der Waals surface area contributed by atoms with Crippen LogP contribution in [0.25, 0.3) is 5.70 Å². The summed E-state index contributed by atoms with van der Waals surface area (Å²) in [7, 11) is 1.69. The van der Waals surface area contributed by atoms with E-state index in [0.29, 0.717) is 16.8 Å². The third-order valence-electron chi connectivity index (χ3n) is 3.14. The number of nitrogens with one attached hydrogen (secondary N) is 2. The van der Waals surface area contributed by atoms with E-state index in [2.05, 4.69) is 15.4 Å². The Kier molecular flexibility index (Phi) is 6.41. The summed E-state index contributed by atoms with van der Waals surface area (Å²) >= 11 is 0. The molecule has 3 nitrogen and oxygen atoms in total. The van der Waals surface area contributed by atoms with Crippen LogP contribution in [0.4, 0.5) is 23.2 Å². The van der Waals surface area contributed by atoms with Crippen molar-refractivity contribution in [1.82, 2.24) is 5.32 Å². The van der Waals surface area contributed by atoms with Crippen molar-refractivity contribution in [1.29, 1.82) is 0 Å². The molecular formula is C18H18F4N2O. The lowest BCUT2D eigenvalue weighted by Crippen LogP contribution is -2.16. The molecule has 2 N–H and O–H groups in total. The molecule has 0 saturated carbocycles. The standard InChI is InChI=1S/C18H18F4N2O/c1-23-10-17(24-16-5-3-2-4-6-16)14-7-13(8-15(19)9-14)11-25-12-18(20,21)22/h2-10,23-24H,11-12H2,1H3/b17-10-. The fraction of sp³-hybridized carbons (Fsp3) is 0.222. The number of rotatable bonds is 7. The van der Waals surface area contributed by atoms with E-state index >= 15 is 0 Å². The molecule has 2 aromatic carbocycles. The highest BCUT2D eigenvalue weighted by Crippen LogP contribution is 2.22. The topological polar surface area (TPSA) is 33.3 Å². The number of hydrogen-bond acceptors (Lipinski definition) is 3. The molecule has 134 valence electrons. The number of halogens is 4. The van der Waals surface area contributed by atoms with Crippen LogP contribution in [0.15, 0.2) is 54.7 Å². The fourth-order valence-corrected chi connectivity index (χ4v) is 2.19. The SMILES string of the molecule is CN/C=C(\Nc1ccccc1)c1cc(F)cc(COCC(F)(F)F)c1. The summed E-state index contributed by atoms with van der Waals surface area (Å²) < 4.78 is 55.0. The number of ether oxygens (including phenoxy) is 1. The van der Waals surface area contributed by atoms with Gasteiger partial charge in [0.15, 0.2) is 0 Å². The van der Waals surface area contributed by atoms with Crippen LogP contribution < -0.4 is 10.6 Å². The van der Waals surface area contributed by atoms with E-state index in [1.807, 2.05) is 30.3 Å². The Morgan fingerprint density at radius 2 is 1.84 bits per heavy atom. The average Bonchev–Trinajstić information content (AvgIpc) is 2.54. The first-order valence-corrected chi connectivity index (χ1v) is 7.51. The van der Waals surface area contributed by atoms with Crippen molar-refractivity contribution in [3.63, 3.8) is 0 Å². The average molecular weight is 354 g/mol. The van der Waals surface area contributed by atoms with E-state index in [1.54, 1.807) is 19.3 Å². The van der Waals surface area contributed by atoms with Crippen LogP contribution in [0.3, 0.4) is 0 Å². The second-order valence-corrected chi connectivity index (χ2v) is 5.29. The van der Waals surface area contributed by atoms with Crippen molar-refractivity contribution in [3.8, 4) is 0 Å². The highest BCUT2D eigenvalue weighted by Gasteiger charge is 2.27. The molecule has 0 bridgehead atoms. The summed E-state index contributed by atoms with van der Waals surface area (Å²) in [6.07, 6.45) is -2.77. The highest BCUT2D eigenvalue weighted by atomic mass is 19.4. The Morgan fingerprint density at radius 3 is 2.48 bits per heavy atom. The normalized spacial score (nSPS) is 12.1. The lowest BCUT2D eigenvalue weighted by atomic mass is 10.1. The van der Waals surface area contributed by atoms with Crippen molar-refractivity contribution < 1.29 is 22.3 Å². The minimum Gasteiger partial charge on any atom is -0.392 e. The van der Waals surface area contributed by atoms with Gasteiger partial charge in [-0.05, 0) is 35.9 Å². The van der Waals surface area contributed by atoms with Gasteiger partial charge in [0.05, 0.1) is 12.3 Å². The Morgan fingerprint density at radius 1 is 1.12 bits per heavy atom. The lowest BCUT2D eigenvalue weighted by molar-refractivity contribution is -0.176. The van der Waals surface area contributed by atoms with Crippen molar-refractivity contribution in [3.05, 3.63) is 71.7 Å². The van der Waals surface area contributed by atoms with E-state index in [0.717, 1.165) is 11.8 Å². The molecule has 0 atom stereocenters. The molecule has 0 unspecified atom stereocenters. The predicted octanol–water partition coefficient (Wildman–Crippen LogP) is 4.53. The maximum atomic E-state index is 13.9. The minimum atomic E-state index is -4.41. The second-order valence-electron chi connectivity index (χ2n) is 5.29. The molecule has 0 aliphatic carbocycles. The Balaban J connectivity index is 2.19. The maximum Gasteiger partial charge on any atom is 0.411 e. The van der Waals surface area contributed by atoms with Crippen LogP contribution in [0.1, 0.15) is 11.1 Å². The Bertz CT molecular complexity index is 715. The van der Waals surface area contributed by atoms with Gasteiger partial charge in [0, 0.05) is 24.5 Å². The summed E-state index contributed by atoms with van der Waals surface area (Å²) in [5, 5.41) is 6.00. The van der Waals surface area contributed by atoms with Gasteiger partial charge < -0.3 is 15.4 Å². The van der Waals surface area contributed by atoms with Crippen molar-refractivity contribution in [2.24, 2.45) is 0 Å². The summed E-state index contributed by atoms with van der Waals surface area (Å²) in [5.41, 5.74) is 2.17. The van der Waals surface area contributed by atoms with Gasteiger partial charge in [0.2, 0.25) is 0 Å². The molecule has 0 aliphatic heterocycles. The van der Waals surface area contributed by atoms with Crippen LogP contribution in [-0.2, 0) is 11.3 Å². The van der Waals surface area contributed by atoms with Gasteiger partial charge in [0.25, 0.3) is 0 Å². The summed E-state index contributed by atoms with van der Waals surface area (Å²) in [6.45, 7) is -1.71. The molecule has 2 aromatic rings. The summed E-state index contributed by atoms with van der Waals surface area (Å²) in [6, 6.07) is 13.3. The zero-order valence-electron chi connectivity index (χ0n) is 13.5. The first kappa shape index (κ1) is 18.8. The molecule has 0 fully saturated rings. The Hall–Kier alpha value is -2.54. The summed E-state index contributed by atoms with van der Waals surface area (Å²) in [4.78, 5) is 0.